The molecule has 3 aromatic rings. The number of pyridine rings is 1. The lowest BCUT2D eigenvalue weighted by Gasteiger charge is -2.15. The topological polar surface area (TPSA) is 82.7 Å². The first-order valence-corrected chi connectivity index (χ1v) is 8.28. The molecule has 0 bridgehead atoms. The number of benzene rings is 1. The zero-order valence-corrected chi connectivity index (χ0v) is 14.3. The van der Waals surface area contributed by atoms with Crippen LogP contribution in [0.25, 0.3) is 11.4 Å². The fourth-order valence-corrected chi connectivity index (χ4v) is 2.57. The van der Waals surface area contributed by atoms with Crippen LogP contribution < -0.4 is 10.6 Å². The van der Waals surface area contributed by atoms with Gasteiger partial charge in [-0.2, -0.15) is 5.10 Å². The summed E-state index contributed by atoms with van der Waals surface area (Å²) in [6, 6.07) is 13.4. The van der Waals surface area contributed by atoms with E-state index in [0.717, 1.165) is 17.7 Å². The van der Waals surface area contributed by atoms with Crippen molar-refractivity contribution in [3.8, 4) is 11.4 Å². The molecule has 0 aliphatic carbocycles. The number of anilines is 1. The van der Waals surface area contributed by atoms with Crippen molar-refractivity contribution in [3.63, 3.8) is 0 Å². The molecular weight excluding hydrogens is 314 g/mol. The molecule has 0 radical (unpaired) electrons. The number of carbonyl (C=O) groups is 1. The van der Waals surface area contributed by atoms with Gasteiger partial charge in [0.25, 0.3) is 0 Å². The number of nitrogens with zero attached hydrogens (tertiary/aromatic N) is 2. The minimum Gasteiger partial charge on any atom is -0.331 e. The monoisotopic (exact) mass is 335 g/mol. The second kappa shape index (κ2) is 7.61. The van der Waals surface area contributed by atoms with E-state index in [1.807, 2.05) is 37.3 Å². The SMILES string of the molecule is CCc1ccc([C@@H](C)NC(=O)Nc2cn[nH]c2-c2ccccn2)cc1. The van der Waals surface area contributed by atoms with E-state index >= 15 is 0 Å². The average molecular weight is 335 g/mol. The summed E-state index contributed by atoms with van der Waals surface area (Å²) in [6.07, 6.45) is 4.27. The van der Waals surface area contributed by atoms with Crippen LogP contribution in [0.4, 0.5) is 10.5 Å². The van der Waals surface area contributed by atoms with Gasteiger partial charge >= 0.3 is 6.03 Å². The predicted octanol–water partition coefficient (Wildman–Crippen LogP) is 3.92. The second-order valence-corrected chi connectivity index (χ2v) is 5.79. The van der Waals surface area contributed by atoms with Gasteiger partial charge in [-0.1, -0.05) is 37.3 Å². The van der Waals surface area contributed by atoms with E-state index in [-0.39, 0.29) is 12.1 Å². The van der Waals surface area contributed by atoms with E-state index in [0.29, 0.717) is 11.4 Å². The van der Waals surface area contributed by atoms with Gasteiger partial charge in [0.15, 0.2) is 0 Å². The van der Waals surface area contributed by atoms with Crippen LogP contribution in [0.15, 0.2) is 54.9 Å². The number of carbonyl (C=O) groups excluding carboxylic acids is 1. The van der Waals surface area contributed by atoms with Crippen LogP contribution in [0.2, 0.25) is 0 Å². The Morgan fingerprint density at radius 1 is 1.20 bits per heavy atom. The summed E-state index contributed by atoms with van der Waals surface area (Å²) >= 11 is 0. The first kappa shape index (κ1) is 16.7. The molecule has 128 valence electrons. The molecule has 25 heavy (non-hydrogen) atoms. The third kappa shape index (κ3) is 4.03. The van der Waals surface area contributed by atoms with Crippen molar-refractivity contribution in [1.29, 1.82) is 0 Å². The fourth-order valence-electron chi connectivity index (χ4n) is 2.57. The van der Waals surface area contributed by atoms with Crippen molar-refractivity contribution >= 4 is 11.7 Å². The van der Waals surface area contributed by atoms with E-state index in [2.05, 4.69) is 44.9 Å². The van der Waals surface area contributed by atoms with Crippen LogP contribution in [0.1, 0.15) is 31.0 Å². The normalized spacial score (nSPS) is 11.8. The zero-order valence-electron chi connectivity index (χ0n) is 14.3. The van der Waals surface area contributed by atoms with Crippen LogP contribution in [0.3, 0.4) is 0 Å². The van der Waals surface area contributed by atoms with Crippen molar-refractivity contribution in [2.24, 2.45) is 0 Å². The highest BCUT2D eigenvalue weighted by Crippen LogP contribution is 2.23. The number of nitrogens with one attached hydrogen (secondary N) is 3. The molecule has 1 atom stereocenters. The molecule has 0 saturated heterocycles. The van der Waals surface area contributed by atoms with Crippen LogP contribution in [-0.2, 0) is 6.42 Å². The summed E-state index contributed by atoms with van der Waals surface area (Å²) in [7, 11) is 0. The van der Waals surface area contributed by atoms with Gasteiger partial charge in [0.1, 0.15) is 5.69 Å². The number of aromatic nitrogens is 3. The molecule has 2 heterocycles. The van der Waals surface area contributed by atoms with Crippen LogP contribution in [-0.4, -0.2) is 21.2 Å². The quantitative estimate of drug-likeness (QED) is 0.661. The highest BCUT2D eigenvalue weighted by molar-refractivity contribution is 5.93. The number of hydrogen-bond acceptors (Lipinski definition) is 3. The van der Waals surface area contributed by atoms with Crippen molar-refractivity contribution in [2.75, 3.05) is 5.32 Å². The number of urea groups is 1. The van der Waals surface area contributed by atoms with Gasteiger partial charge in [0.2, 0.25) is 0 Å². The Hall–Kier alpha value is -3.15. The molecule has 0 aliphatic rings. The molecular formula is C19H21N5O. The third-order valence-corrected chi connectivity index (χ3v) is 4.04. The van der Waals surface area contributed by atoms with Gasteiger partial charge in [-0.3, -0.25) is 10.1 Å². The molecule has 6 nitrogen and oxygen atoms in total. The Bertz CT molecular complexity index is 827. The minimum absolute atomic E-state index is 0.101. The summed E-state index contributed by atoms with van der Waals surface area (Å²) in [4.78, 5) is 16.6. The largest absolute Gasteiger partial charge is 0.331 e. The van der Waals surface area contributed by atoms with Crippen molar-refractivity contribution in [2.45, 2.75) is 26.3 Å². The Morgan fingerprint density at radius 2 is 2.00 bits per heavy atom. The maximum absolute atomic E-state index is 12.3. The Labute approximate surface area is 146 Å². The molecule has 0 unspecified atom stereocenters. The molecule has 6 heteroatoms. The van der Waals surface area contributed by atoms with Gasteiger partial charge < -0.3 is 10.6 Å². The van der Waals surface area contributed by atoms with E-state index in [1.54, 1.807) is 12.4 Å². The molecule has 2 aromatic heterocycles. The van der Waals surface area contributed by atoms with Crippen molar-refractivity contribution in [3.05, 3.63) is 66.0 Å². The lowest BCUT2D eigenvalue weighted by Crippen LogP contribution is -2.31. The highest BCUT2D eigenvalue weighted by atomic mass is 16.2. The number of aryl methyl sites for hydroxylation is 1. The van der Waals surface area contributed by atoms with E-state index in [1.165, 1.54) is 5.56 Å². The maximum Gasteiger partial charge on any atom is 0.319 e. The number of H-pyrrole nitrogens is 1. The number of amides is 2. The third-order valence-electron chi connectivity index (χ3n) is 4.04. The molecule has 0 saturated carbocycles. The lowest BCUT2D eigenvalue weighted by atomic mass is 10.1. The first-order valence-electron chi connectivity index (χ1n) is 8.28. The number of rotatable bonds is 5. The molecule has 1 aromatic carbocycles. The van der Waals surface area contributed by atoms with E-state index in [9.17, 15) is 4.79 Å². The maximum atomic E-state index is 12.3. The van der Waals surface area contributed by atoms with E-state index in [4.69, 9.17) is 0 Å². The summed E-state index contributed by atoms with van der Waals surface area (Å²) < 4.78 is 0. The van der Waals surface area contributed by atoms with Gasteiger partial charge in [0, 0.05) is 6.20 Å². The predicted molar refractivity (Wildman–Crippen MR) is 98.2 cm³/mol. The van der Waals surface area contributed by atoms with Crippen molar-refractivity contribution in [1.82, 2.24) is 20.5 Å². The Kier molecular flexibility index (Phi) is 5.09. The zero-order chi connectivity index (χ0) is 17.6. The summed E-state index contributed by atoms with van der Waals surface area (Å²) in [5.74, 6) is 0. The van der Waals surface area contributed by atoms with Crippen LogP contribution in [0, 0.1) is 0 Å². The van der Waals surface area contributed by atoms with Gasteiger partial charge in [-0.05, 0) is 36.6 Å². The smallest absolute Gasteiger partial charge is 0.319 e. The highest BCUT2D eigenvalue weighted by Gasteiger charge is 2.14. The summed E-state index contributed by atoms with van der Waals surface area (Å²) in [5, 5.41) is 12.6. The molecule has 0 aliphatic heterocycles. The number of hydrogen-bond donors (Lipinski definition) is 3. The Morgan fingerprint density at radius 3 is 2.68 bits per heavy atom. The van der Waals surface area contributed by atoms with Gasteiger partial charge in [-0.25, -0.2) is 4.79 Å². The fraction of sp³-hybridized carbons (Fsp3) is 0.211. The molecule has 3 rings (SSSR count). The van der Waals surface area contributed by atoms with Gasteiger partial charge in [-0.15, -0.1) is 0 Å². The van der Waals surface area contributed by atoms with Crippen LogP contribution in [0.5, 0.6) is 0 Å². The molecule has 3 N–H and O–H groups in total. The van der Waals surface area contributed by atoms with Crippen molar-refractivity contribution < 1.29 is 4.79 Å². The van der Waals surface area contributed by atoms with Crippen LogP contribution >= 0.6 is 0 Å². The molecule has 0 fully saturated rings. The number of aromatic amines is 1. The van der Waals surface area contributed by atoms with Gasteiger partial charge in [0.05, 0.1) is 23.6 Å². The summed E-state index contributed by atoms with van der Waals surface area (Å²) in [6.45, 7) is 4.07. The minimum atomic E-state index is -0.286. The standard InChI is InChI=1S/C19H21N5O/c1-3-14-7-9-15(10-8-14)13(2)22-19(25)23-17-12-21-24-18(17)16-6-4-5-11-20-16/h4-13H,3H2,1-2H3,(H,21,24)(H2,22,23,25)/t13-/m1/s1. The Balaban J connectivity index is 1.66. The molecule has 0 spiro atoms. The lowest BCUT2D eigenvalue weighted by molar-refractivity contribution is 0.249. The first-order chi connectivity index (χ1) is 12.2. The second-order valence-electron chi connectivity index (χ2n) is 5.79. The average Bonchev–Trinajstić information content (AvgIpc) is 3.10. The molecule has 2 amide bonds. The van der Waals surface area contributed by atoms with E-state index < -0.39 is 0 Å². The summed E-state index contributed by atoms with van der Waals surface area (Å²) in [5.41, 5.74) is 4.32.